The molecule has 28 heavy (non-hydrogen) atoms. The predicted molar refractivity (Wildman–Crippen MR) is 110 cm³/mol. The highest BCUT2D eigenvalue weighted by atomic mass is 32.2. The lowest BCUT2D eigenvalue weighted by molar-refractivity contribution is 0.0951. The van der Waals surface area contributed by atoms with Crippen molar-refractivity contribution < 1.29 is 17.9 Å². The molecule has 0 spiro atoms. The van der Waals surface area contributed by atoms with Gasteiger partial charge in [-0.25, -0.2) is 8.42 Å². The zero-order chi connectivity index (χ0) is 20.7. The fourth-order valence-electron chi connectivity index (χ4n) is 2.97. The summed E-state index contributed by atoms with van der Waals surface area (Å²) in [6.45, 7) is 6.71. The molecule has 0 aliphatic rings. The van der Waals surface area contributed by atoms with Gasteiger partial charge in [-0.3, -0.25) is 4.79 Å². The van der Waals surface area contributed by atoms with Gasteiger partial charge in [0.05, 0.1) is 7.11 Å². The molecule has 1 unspecified atom stereocenters. The minimum atomic E-state index is -3.75. The van der Waals surface area contributed by atoms with Crippen LogP contribution in [-0.4, -0.2) is 45.4 Å². The molecule has 0 saturated carbocycles. The Balaban J connectivity index is 2.23. The first-order chi connectivity index (χ1) is 13.3. The summed E-state index contributed by atoms with van der Waals surface area (Å²) in [7, 11) is -2.33. The number of sulfonamides is 1. The maximum Gasteiger partial charge on any atom is 0.251 e. The molecule has 0 saturated heterocycles. The Hall–Kier alpha value is -2.38. The van der Waals surface area contributed by atoms with Crippen molar-refractivity contribution in [3.05, 3.63) is 59.7 Å². The highest BCUT2D eigenvalue weighted by Crippen LogP contribution is 2.28. The van der Waals surface area contributed by atoms with Crippen LogP contribution in [0.2, 0.25) is 0 Å². The molecule has 6 nitrogen and oxygen atoms in total. The van der Waals surface area contributed by atoms with Crippen LogP contribution in [0.1, 0.15) is 42.6 Å². The van der Waals surface area contributed by atoms with Gasteiger partial charge in [-0.1, -0.05) is 51.1 Å². The van der Waals surface area contributed by atoms with Gasteiger partial charge in [-0.15, -0.1) is 0 Å². The second kappa shape index (κ2) is 9.71. The maximum atomic E-state index is 12.9. The minimum Gasteiger partial charge on any atom is -0.495 e. The van der Waals surface area contributed by atoms with E-state index in [2.05, 4.69) is 5.32 Å². The first-order valence-corrected chi connectivity index (χ1v) is 10.8. The van der Waals surface area contributed by atoms with Crippen LogP contribution in [0.4, 0.5) is 0 Å². The van der Waals surface area contributed by atoms with Crippen molar-refractivity contribution in [1.82, 2.24) is 9.62 Å². The standard InChI is InChI=1S/C21H28N2O4S/c1-5-23(6-2)28(25,26)20-14-18(12-13-19(20)27-4)21(24)22-15-16(3)17-10-8-7-9-11-17/h7-14,16H,5-6,15H2,1-4H3,(H,22,24). The summed E-state index contributed by atoms with van der Waals surface area (Å²) >= 11 is 0. The summed E-state index contributed by atoms with van der Waals surface area (Å²) in [4.78, 5) is 12.6. The number of nitrogens with zero attached hydrogens (tertiary/aromatic N) is 1. The Morgan fingerprint density at radius 3 is 2.32 bits per heavy atom. The van der Waals surface area contributed by atoms with Gasteiger partial charge in [0.25, 0.3) is 5.91 Å². The van der Waals surface area contributed by atoms with Crippen LogP contribution < -0.4 is 10.1 Å². The highest BCUT2D eigenvalue weighted by molar-refractivity contribution is 7.89. The van der Waals surface area contributed by atoms with Crippen molar-refractivity contribution in [2.24, 2.45) is 0 Å². The number of carbonyl (C=O) groups excluding carboxylic acids is 1. The number of amides is 1. The van der Waals surface area contributed by atoms with Crippen LogP contribution in [-0.2, 0) is 10.0 Å². The van der Waals surface area contributed by atoms with Crippen molar-refractivity contribution in [2.75, 3.05) is 26.7 Å². The van der Waals surface area contributed by atoms with Gasteiger partial charge >= 0.3 is 0 Å². The van der Waals surface area contributed by atoms with E-state index in [4.69, 9.17) is 4.74 Å². The monoisotopic (exact) mass is 404 g/mol. The van der Waals surface area contributed by atoms with Gasteiger partial charge in [0.1, 0.15) is 10.6 Å². The first kappa shape index (κ1) is 21.9. The lowest BCUT2D eigenvalue weighted by Gasteiger charge is -2.20. The van der Waals surface area contributed by atoms with Gasteiger partial charge in [0.15, 0.2) is 0 Å². The Kier molecular flexibility index (Phi) is 7.60. The van der Waals surface area contributed by atoms with Crippen molar-refractivity contribution >= 4 is 15.9 Å². The molecular weight excluding hydrogens is 376 g/mol. The second-order valence-corrected chi connectivity index (χ2v) is 8.38. The summed E-state index contributed by atoms with van der Waals surface area (Å²) in [5, 5.41) is 2.88. The zero-order valence-electron chi connectivity index (χ0n) is 16.8. The number of hydrogen-bond acceptors (Lipinski definition) is 4. The molecule has 1 atom stereocenters. The van der Waals surface area contributed by atoms with Crippen LogP contribution in [0.5, 0.6) is 5.75 Å². The number of benzene rings is 2. The highest BCUT2D eigenvalue weighted by Gasteiger charge is 2.26. The average molecular weight is 405 g/mol. The Bertz CT molecular complexity index is 894. The molecule has 0 aromatic heterocycles. The van der Waals surface area contributed by atoms with Crippen LogP contribution in [0.25, 0.3) is 0 Å². The predicted octanol–water partition coefficient (Wildman–Crippen LogP) is 3.26. The van der Waals surface area contributed by atoms with Gasteiger partial charge in [0, 0.05) is 25.2 Å². The first-order valence-electron chi connectivity index (χ1n) is 9.36. The van der Waals surface area contributed by atoms with E-state index in [1.165, 1.54) is 23.5 Å². The molecule has 1 N–H and O–H groups in total. The Labute approximate surface area is 167 Å². The van der Waals surface area contributed by atoms with Crippen molar-refractivity contribution in [2.45, 2.75) is 31.6 Å². The normalized spacial score (nSPS) is 12.6. The topological polar surface area (TPSA) is 75.7 Å². The van der Waals surface area contributed by atoms with Crippen molar-refractivity contribution in [3.8, 4) is 5.75 Å². The summed E-state index contributed by atoms with van der Waals surface area (Å²) < 4.78 is 32.4. The van der Waals surface area contributed by atoms with Gasteiger partial charge in [0.2, 0.25) is 10.0 Å². The van der Waals surface area contributed by atoms with E-state index in [1.54, 1.807) is 19.9 Å². The number of hydrogen-bond donors (Lipinski definition) is 1. The summed E-state index contributed by atoms with van der Waals surface area (Å²) in [5.74, 6) is 0.0461. The maximum absolute atomic E-state index is 12.9. The molecule has 0 aliphatic carbocycles. The lowest BCUT2D eigenvalue weighted by atomic mass is 10.0. The summed E-state index contributed by atoms with van der Waals surface area (Å²) in [6, 6.07) is 14.4. The van der Waals surface area contributed by atoms with E-state index in [9.17, 15) is 13.2 Å². The fraction of sp³-hybridized carbons (Fsp3) is 0.381. The van der Waals surface area contributed by atoms with E-state index in [1.807, 2.05) is 37.3 Å². The van der Waals surface area contributed by atoms with Crippen molar-refractivity contribution in [3.63, 3.8) is 0 Å². The molecule has 0 aliphatic heterocycles. The quantitative estimate of drug-likeness (QED) is 0.696. The summed E-state index contributed by atoms with van der Waals surface area (Å²) in [5.41, 5.74) is 1.41. The third-order valence-electron chi connectivity index (χ3n) is 4.69. The molecule has 2 rings (SSSR count). The number of rotatable bonds is 9. The SMILES string of the molecule is CCN(CC)S(=O)(=O)c1cc(C(=O)NCC(C)c2ccccc2)ccc1OC. The Morgan fingerprint density at radius 2 is 1.75 bits per heavy atom. The van der Waals surface area contributed by atoms with Gasteiger partial charge in [-0.05, 0) is 29.7 Å². The number of carbonyl (C=O) groups is 1. The average Bonchev–Trinajstić information content (AvgIpc) is 2.72. The molecule has 2 aromatic rings. The molecule has 152 valence electrons. The van der Waals surface area contributed by atoms with E-state index >= 15 is 0 Å². The second-order valence-electron chi connectivity index (χ2n) is 6.48. The smallest absolute Gasteiger partial charge is 0.251 e. The summed E-state index contributed by atoms with van der Waals surface area (Å²) in [6.07, 6.45) is 0. The van der Waals surface area contributed by atoms with E-state index in [0.717, 1.165) is 5.56 Å². The fourth-order valence-corrected chi connectivity index (χ4v) is 4.61. The molecule has 2 aromatic carbocycles. The van der Waals surface area contributed by atoms with Crippen molar-refractivity contribution in [1.29, 1.82) is 0 Å². The zero-order valence-corrected chi connectivity index (χ0v) is 17.6. The molecular formula is C21H28N2O4S. The third kappa shape index (κ3) is 4.91. The minimum absolute atomic E-state index is 0.00228. The van der Waals surface area contributed by atoms with Gasteiger partial charge in [-0.2, -0.15) is 4.31 Å². The van der Waals surface area contributed by atoms with Crippen LogP contribution in [0, 0.1) is 0 Å². The molecule has 0 heterocycles. The lowest BCUT2D eigenvalue weighted by Crippen LogP contribution is -2.31. The number of methoxy groups -OCH3 is 1. The largest absolute Gasteiger partial charge is 0.495 e. The molecule has 1 amide bonds. The van der Waals surface area contributed by atoms with Gasteiger partial charge < -0.3 is 10.1 Å². The number of ether oxygens (including phenoxy) is 1. The van der Waals surface area contributed by atoms with E-state index in [0.29, 0.717) is 19.6 Å². The molecule has 0 radical (unpaired) electrons. The Morgan fingerprint density at radius 1 is 1.11 bits per heavy atom. The van der Waals surface area contributed by atoms with Crippen LogP contribution in [0.15, 0.2) is 53.4 Å². The third-order valence-corrected chi connectivity index (χ3v) is 6.76. The molecule has 7 heteroatoms. The number of nitrogens with one attached hydrogen (secondary N) is 1. The van der Waals surface area contributed by atoms with E-state index in [-0.39, 0.29) is 28.0 Å². The van der Waals surface area contributed by atoms with Crippen LogP contribution >= 0.6 is 0 Å². The molecule has 0 bridgehead atoms. The van der Waals surface area contributed by atoms with Crippen LogP contribution in [0.3, 0.4) is 0 Å². The molecule has 0 fully saturated rings. The van der Waals surface area contributed by atoms with E-state index < -0.39 is 10.0 Å².